The number of nitrogens with zero attached hydrogens (tertiary/aromatic N) is 3. The number of amides is 2. The van der Waals surface area contributed by atoms with E-state index < -0.39 is 0 Å². The summed E-state index contributed by atoms with van der Waals surface area (Å²) in [7, 11) is 1.60. The lowest BCUT2D eigenvalue weighted by atomic mass is 10.0. The van der Waals surface area contributed by atoms with Gasteiger partial charge in [-0.3, -0.25) is 9.59 Å². The zero-order chi connectivity index (χ0) is 23.4. The van der Waals surface area contributed by atoms with Crippen LogP contribution in [0.2, 0.25) is 0 Å². The van der Waals surface area contributed by atoms with Gasteiger partial charge in [-0.2, -0.15) is 0 Å². The number of hydrogen-bond donors (Lipinski definition) is 0. The van der Waals surface area contributed by atoms with Crippen LogP contribution in [0, 0.1) is 0 Å². The molecule has 2 aliphatic heterocycles. The van der Waals surface area contributed by atoms with E-state index in [4.69, 9.17) is 9.47 Å². The Kier molecular flexibility index (Phi) is 6.99. The van der Waals surface area contributed by atoms with Gasteiger partial charge in [0.05, 0.1) is 25.0 Å². The molecule has 0 bridgehead atoms. The van der Waals surface area contributed by atoms with Crippen LogP contribution in [0.5, 0.6) is 11.5 Å². The standard InChI is InChI=1S/C26H31N3O4/c1-4-17-33-22-8-6-7-20(18-22)29-25(30)23(19-9-11-21(32-3)12-10-19)24(26(29)31)28-15-13-27(5-2)14-16-28/h6-12,18H,4-5,13-17H2,1-3H3. The van der Waals surface area contributed by atoms with Crippen molar-refractivity contribution >= 4 is 23.1 Å². The van der Waals surface area contributed by atoms with E-state index in [1.54, 1.807) is 19.2 Å². The summed E-state index contributed by atoms with van der Waals surface area (Å²) < 4.78 is 11.0. The predicted octanol–water partition coefficient (Wildman–Crippen LogP) is 3.41. The second kappa shape index (κ2) is 10.1. The summed E-state index contributed by atoms with van der Waals surface area (Å²) in [5.74, 6) is 0.743. The van der Waals surface area contributed by atoms with Gasteiger partial charge in [0.15, 0.2) is 0 Å². The first-order valence-electron chi connectivity index (χ1n) is 11.5. The molecular weight excluding hydrogens is 418 g/mol. The minimum atomic E-state index is -0.314. The van der Waals surface area contributed by atoms with Crippen molar-refractivity contribution in [2.45, 2.75) is 20.3 Å². The quantitative estimate of drug-likeness (QED) is 0.576. The largest absolute Gasteiger partial charge is 0.497 e. The van der Waals surface area contributed by atoms with Crippen LogP contribution in [0.15, 0.2) is 54.2 Å². The Morgan fingerprint density at radius 3 is 2.24 bits per heavy atom. The third kappa shape index (κ3) is 4.59. The van der Waals surface area contributed by atoms with Gasteiger partial charge in [-0.1, -0.05) is 32.0 Å². The molecule has 0 unspecified atom stereocenters. The first-order valence-corrected chi connectivity index (χ1v) is 11.5. The van der Waals surface area contributed by atoms with Crippen molar-refractivity contribution in [3.05, 3.63) is 59.8 Å². The highest BCUT2D eigenvalue weighted by molar-refractivity contribution is 6.45. The third-order valence-electron chi connectivity index (χ3n) is 6.12. The molecule has 0 atom stereocenters. The Labute approximate surface area is 195 Å². The summed E-state index contributed by atoms with van der Waals surface area (Å²) in [6.45, 7) is 8.85. The summed E-state index contributed by atoms with van der Waals surface area (Å²) in [5, 5.41) is 0. The first-order chi connectivity index (χ1) is 16.1. The molecule has 7 nitrogen and oxygen atoms in total. The van der Waals surface area contributed by atoms with Crippen LogP contribution in [-0.2, 0) is 9.59 Å². The van der Waals surface area contributed by atoms with Gasteiger partial charge >= 0.3 is 0 Å². The van der Waals surface area contributed by atoms with Crippen LogP contribution in [0.1, 0.15) is 25.8 Å². The number of piperazine rings is 1. The van der Waals surface area contributed by atoms with E-state index in [-0.39, 0.29) is 11.8 Å². The summed E-state index contributed by atoms with van der Waals surface area (Å²) in [6, 6.07) is 14.5. The van der Waals surface area contributed by atoms with E-state index in [0.29, 0.717) is 53.7 Å². The molecule has 0 aliphatic carbocycles. The van der Waals surface area contributed by atoms with E-state index in [1.165, 1.54) is 4.90 Å². The number of anilines is 1. The zero-order valence-electron chi connectivity index (χ0n) is 19.5. The Bertz CT molecular complexity index is 1040. The summed E-state index contributed by atoms with van der Waals surface area (Å²) in [4.78, 5) is 33.1. The zero-order valence-corrected chi connectivity index (χ0v) is 19.5. The number of rotatable bonds is 8. The van der Waals surface area contributed by atoms with E-state index in [9.17, 15) is 9.59 Å². The molecule has 2 amide bonds. The minimum Gasteiger partial charge on any atom is -0.497 e. The Hall–Kier alpha value is -3.32. The molecule has 2 aromatic carbocycles. The van der Waals surface area contributed by atoms with Crippen molar-refractivity contribution in [3.63, 3.8) is 0 Å². The van der Waals surface area contributed by atoms with Gasteiger partial charge in [0.2, 0.25) is 0 Å². The predicted molar refractivity (Wildman–Crippen MR) is 128 cm³/mol. The fourth-order valence-corrected chi connectivity index (χ4v) is 4.28. The molecule has 0 spiro atoms. The second-order valence-corrected chi connectivity index (χ2v) is 8.16. The van der Waals surface area contributed by atoms with Crippen LogP contribution < -0.4 is 14.4 Å². The number of carbonyl (C=O) groups is 2. The van der Waals surface area contributed by atoms with Crippen LogP contribution in [-0.4, -0.2) is 68.1 Å². The van der Waals surface area contributed by atoms with E-state index >= 15 is 0 Å². The van der Waals surface area contributed by atoms with Gasteiger partial charge < -0.3 is 19.3 Å². The molecule has 0 aromatic heterocycles. The van der Waals surface area contributed by atoms with Crippen LogP contribution in [0.25, 0.3) is 5.57 Å². The lowest BCUT2D eigenvalue weighted by Gasteiger charge is -2.36. The summed E-state index contributed by atoms with van der Waals surface area (Å²) in [6.07, 6.45) is 0.878. The molecule has 33 heavy (non-hydrogen) atoms. The molecular formula is C26H31N3O4. The highest BCUT2D eigenvalue weighted by Gasteiger charge is 2.43. The molecule has 2 aliphatic rings. The van der Waals surface area contributed by atoms with Crippen molar-refractivity contribution < 1.29 is 19.1 Å². The molecule has 0 N–H and O–H groups in total. The lowest BCUT2D eigenvalue weighted by Crippen LogP contribution is -2.47. The maximum absolute atomic E-state index is 13.7. The Morgan fingerprint density at radius 2 is 1.61 bits per heavy atom. The van der Waals surface area contributed by atoms with Gasteiger partial charge in [-0.15, -0.1) is 0 Å². The number of ether oxygens (including phenoxy) is 2. The smallest absolute Gasteiger partial charge is 0.282 e. The van der Waals surface area contributed by atoms with Gasteiger partial charge in [-0.05, 0) is 42.8 Å². The summed E-state index contributed by atoms with van der Waals surface area (Å²) in [5.41, 5.74) is 2.14. The molecule has 1 fully saturated rings. The Balaban J connectivity index is 1.72. The molecule has 7 heteroatoms. The molecule has 174 valence electrons. The van der Waals surface area contributed by atoms with Crippen LogP contribution >= 0.6 is 0 Å². The normalized spacial score (nSPS) is 17.2. The maximum Gasteiger partial charge on any atom is 0.282 e. The third-order valence-corrected chi connectivity index (χ3v) is 6.12. The summed E-state index contributed by atoms with van der Waals surface area (Å²) >= 11 is 0. The van der Waals surface area contributed by atoms with E-state index in [2.05, 4.69) is 16.7 Å². The molecule has 0 saturated carbocycles. The van der Waals surface area contributed by atoms with Gasteiger partial charge in [0, 0.05) is 32.2 Å². The number of hydrogen-bond acceptors (Lipinski definition) is 6. The number of imide groups is 1. The lowest BCUT2D eigenvalue weighted by molar-refractivity contribution is -0.120. The monoisotopic (exact) mass is 449 g/mol. The highest BCUT2D eigenvalue weighted by Crippen LogP contribution is 2.36. The number of carbonyl (C=O) groups excluding carboxylic acids is 2. The SMILES string of the molecule is CCCOc1cccc(N2C(=O)C(c3ccc(OC)cc3)=C(N3CCN(CC)CC3)C2=O)c1. The van der Waals surface area contributed by atoms with Crippen molar-refractivity contribution in [2.75, 3.05) is 51.3 Å². The fourth-order valence-electron chi connectivity index (χ4n) is 4.28. The van der Waals surface area contributed by atoms with Gasteiger partial charge in [-0.25, -0.2) is 4.90 Å². The second-order valence-electron chi connectivity index (χ2n) is 8.16. The average molecular weight is 450 g/mol. The minimum absolute atomic E-state index is 0.289. The van der Waals surface area contributed by atoms with Crippen LogP contribution in [0.4, 0.5) is 5.69 Å². The van der Waals surface area contributed by atoms with E-state index in [0.717, 1.165) is 26.1 Å². The van der Waals surface area contributed by atoms with E-state index in [1.807, 2.05) is 43.3 Å². The maximum atomic E-state index is 13.7. The van der Waals surface area contributed by atoms with Crippen molar-refractivity contribution in [1.82, 2.24) is 9.80 Å². The average Bonchev–Trinajstić information content (AvgIpc) is 3.12. The fraction of sp³-hybridized carbons (Fsp3) is 0.385. The Morgan fingerprint density at radius 1 is 0.879 bits per heavy atom. The molecule has 1 saturated heterocycles. The van der Waals surface area contributed by atoms with Gasteiger partial charge in [0.25, 0.3) is 11.8 Å². The molecule has 2 heterocycles. The molecule has 4 rings (SSSR count). The molecule has 2 aromatic rings. The van der Waals surface area contributed by atoms with Crippen molar-refractivity contribution in [2.24, 2.45) is 0 Å². The highest BCUT2D eigenvalue weighted by atomic mass is 16.5. The first kappa shape index (κ1) is 22.9. The van der Waals surface area contributed by atoms with Crippen molar-refractivity contribution in [3.8, 4) is 11.5 Å². The number of methoxy groups -OCH3 is 1. The van der Waals surface area contributed by atoms with Gasteiger partial charge in [0.1, 0.15) is 17.2 Å². The van der Waals surface area contributed by atoms with Crippen LogP contribution in [0.3, 0.4) is 0 Å². The van der Waals surface area contributed by atoms with Crippen molar-refractivity contribution in [1.29, 1.82) is 0 Å². The molecule has 0 radical (unpaired) electrons. The number of likely N-dealkylation sites (N-methyl/N-ethyl adjacent to an activating group) is 1. The number of benzene rings is 2. The topological polar surface area (TPSA) is 62.3 Å².